The SMILES string of the molecule is Cc1ccc(C=CC(=O)OCC(=O)c2cc(C)c(C)cc2C)o1. The van der Waals surface area contributed by atoms with Crippen LogP contribution in [0.2, 0.25) is 0 Å². The Balaban J connectivity index is 1.95. The van der Waals surface area contributed by atoms with Gasteiger partial charge < -0.3 is 9.15 Å². The van der Waals surface area contributed by atoms with E-state index >= 15 is 0 Å². The summed E-state index contributed by atoms with van der Waals surface area (Å²) in [5.41, 5.74) is 3.65. The van der Waals surface area contributed by atoms with Crippen LogP contribution in [0.1, 0.15) is 38.6 Å². The average Bonchev–Trinajstić information content (AvgIpc) is 2.92. The predicted molar refractivity (Wildman–Crippen MR) is 88.4 cm³/mol. The summed E-state index contributed by atoms with van der Waals surface area (Å²) >= 11 is 0. The molecule has 0 unspecified atom stereocenters. The summed E-state index contributed by atoms with van der Waals surface area (Å²) in [5, 5.41) is 0. The van der Waals surface area contributed by atoms with Crippen LogP contribution in [0, 0.1) is 27.7 Å². The zero-order valence-electron chi connectivity index (χ0n) is 13.8. The number of esters is 1. The molecule has 0 N–H and O–H groups in total. The van der Waals surface area contributed by atoms with Crippen LogP contribution in [0.15, 0.2) is 34.8 Å². The zero-order chi connectivity index (χ0) is 17.0. The third-order valence-corrected chi connectivity index (χ3v) is 3.63. The first-order valence-electron chi connectivity index (χ1n) is 7.39. The van der Waals surface area contributed by atoms with Crippen LogP contribution in [-0.2, 0) is 9.53 Å². The minimum atomic E-state index is -0.575. The molecule has 0 aliphatic carbocycles. The molecule has 0 radical (unpaired) electrons. The molecule has 0 saturated heterocycles. The smallest absolute Gasteiger partial charge is 0.331 e. The number of hydrogen-bond acceptors (Lipinski definition) is 4. The Kier molecular flexibility index (Phi) is 5.16. The quantitative estimate of drug-likeness (QED) is 0.476. The molecule has 0 fully saturated rings. The summed E-state index contributed by atoms with van der Waals surface area (Å²) in [7, 11) is 0. The van der Waals surface area contributed by atoms with Crippen LogP contribution in [0.4, 0.5) is 0 Å². The van der Waals surface area contributed by atoms with Crippen molar-refractivity contribution in [3.63, 3.8) is 0 Å². The van der Waals surface area contributed by atoms with E-state index < -0.39 is 5.97 Å². The van der Waals surface area contributed by atoms with Crippen molar-refractivity contribution in [2.24, 2.45) is 0 Å². The van der Waals surface area contributed by atoms with Crippen LogP contribution < -0.4 is 0 Å². The summed E-state index contributed by atoms with van der Waals surface area (Å²) in [6.45, 7) is 7.37. The fourth-order valence-electron chi connectivity index (χ4n) is 2.22. The maximum absolute atomic E-state index is 12.2. The third kappa shape index (κ3) is 4.42. The van der Waals surface area contributed by atoms with Crippen molar-refractivity contribution in [3.05, 3.63) is 64.1 Å². The Bertz CT molecular complexity index is 766. The highest BCUT2D eigenvalue weighted by Crippen LogP contribution is 2.16. The second-order valence-corrected chi connectivity index (χ2v) is 5.56. The minimum Gasteiger partial charge on any atom is -0.462 e. The molecule has 0 saturated carbocycles. The molecule has 2 rings (SSSR count). The number of rotatable bonds is 5. The lowest BCUT2D eigenvalue weighted by Gasteiger charge is -2.09. The molecule has 1 heterocycles. The van der Waals surface area contributed by atoms with Crippen molar-refractivity contribution in [1.82, 2.24) is 0 Å². The minimum absolute atomic E-state index is 0.207. The summed E-state index contributed by atoms with van der Waals surface area (Å²) in [4.78, 5) is 23.9. The van der Waals surface area contributed by atoms with Gasteiger partial charge in [-0.1, -0.05) is 6.07 Å². The van der Waals surface area contributed by atoms with Gasteiger partial charge in [0.05, 0.1) is 0 Å². The summed E-state index contributed by atoms with van der Waals surface area (Å²) in [6.07, 6.45) is 2.76. The lowest BCUT2D eigenvalue weighted by molar-refractivity contribution is -0.136. The number of aryl methyl sites for hydroxylation is 4. The maximum Gasteiger partial charge on any atom is 0.331 e. The van der Waals surface area contributed by atoms with Gasteiger partial charge in [-0.05, 0) is 68.7 Å². The highest BCUT2D eigenvalue weighted by molar-refractivity contribution is 6.00. The van der Waals surface area contributed by atoms with E-state index in [0.29, 0.717) is 11.3 Å². The van der Waals surface area contributed by atoms with Crippen LogP contribution in [0.5, 0.6) is 0 Å². The molecular weight excluding hydrogens is 292 g/mol. The van der Waals surface area contributed by atoms with Gasteiger partial charge in [-0.15, -0.1) is 0 Å². The standard InChI is InChI=1S/C19H20O4/c1-12-9-14(3)17(10-13(12)2)18(20)11-22-19(21)8-7-16-6-5-15(4)23-16/h5-10H,11H2,1-4H3. The van der Waals surface area contributed by atoms with Crippen LogP contribution >= 0.6 is 0 Å². The van der Waals surface area contributed by atoms with Crippen molar-refractivity contribution < 1.29 is 18.7 Å². The van der Waals surface area contributed by atoms with Crippen molar-refractivity contribution in [1.29, 1.82) is 0 Å². The van der Waals surface area contributed by atoms with Gasteiger partial charge in [0.1, 0.15) is 11.5 Å². The molecule has 23 heavy (non-hydrogen) atoms. The van der Waals surface area contributed by atoms with E-state index in [1.165, 1.54) is 12.2 Å². The number of Topliss-reactive ketones (excluding diaryl/α,β-unsaturated/α-hetero) is 1. The molecule has 1 aromatic carbocycles. The molecule has 0 spiro atoms. The van der Waals surface area contributed by atoms with E-state index in [2.05, 4.69) is 0 Å². The molecular formula is C19H20O4. The second kappa shape index (κ2) is 7.09. The summed E-state index contributed by atoms with van der Waals surface area (Å²) < 4.78 is 10.3. The number of benzene rings is 1. The largest absolute Gasteiger partial charge is 0.462 e. The first-order valence-corrected chi connectivity index (χ1v) is 7.39. The van der Waals surface area contributed by atoms with Gasteiger partial charge in [0, 0.05) is 11.6 Å². The lowest BCUT2D eigenvalue weighted by atomic mass is 9.98. The lowest BCUT2D eigenvalue weighted by Crippen LogP contribution is -2.14. The number of ether oxygens (including phenoxy) is 1. The predicted octanol–water partition coefficient (Wildman–Crippen LogP) is 3.95. The van der Waals surface area contributed by atoms with Crippen molar-refractivity contribution in [2.45, 2.75) is 27.7 Å². The molecule has 0 bridgehead atoms. The number of furan rings is 1. The summed E-state index contributed by atoms with van der Waals surface area (Å²) in [5.74, 6) is 0.546. The van der Waals surface area contributed by atoms with Gasteiger partial charge in [0.25, 0.3) is 0 Å². The molecule has 0 amide bonds. The van der Waals surface area contributed by atoms with E-state index in [-0.39, 0.29) is 12.4 Å². The second-order valence-electron chi connectivity index (χ2n) is 5.56. The van der Waals surface area contributed by atoms with E-state index in [0.717, 1.165) is 22.5 Å². The molecule has 0 aliphatic heterocycles. The topological polar surface area (TPSA) is 56.5 Å². The van der Waals surface area contributed by atoms with Gasteiger partial charge >= 0.3 is 5.97 Å². The molecule has 4 nitrogen and oxygen atoms in total. The molecule has 1 aromatic heterocycles. The van der Waals surface area contributed by atoms with Gasteiger partial charge in [-0.3, -0.25) is 4.79 Å². The monoisotopic (exact) mass is 312 g/mol. The zero-order valence-corrected chi connectivity index (χ0v) is 13.8. The van der Waals surface area contributed by atoms with Crippen molar-refractivity contribution in [3.8, 4) is 0 Å². The highest BCUT2D eigenvalue weighted by atomic mass is 16.5. The molecule has 120 valence electrons. The van der Waals surface area contributed by atoms with E-state index in [4.69, 9.17) is 9.15 Å². The fraction of sp³-hybridized carbons (Fsp3) is 0.263. The Morgan fingerprint density at radius 1 is 1.04 bits per heavy atom. The fourth-order valence-corrected chi connectivity index (χ4v) is 2.22. The van der Waals surface area contributed by atoms with Crippen molar-refractivity contribution in [2.75, 3.05) is 6.61 Å². The van der Waals surface area contributed by atoms with Crippen LogP contribution in [0.3, 0.4) is 0 Å². The highest BCUT2D eigenvalue weighted by Gasteiger charge is 2.12. The van der Waals surface area contributed by atoms with Crippen LogP contribution in [-0.4, -0.2) is 18.4 Å². The summed E-state index contributed by atoms with van der Waals surface area (Å²) in [6, 6.07) is 7.35. The van der Waals surface area contributed by atoms with E-state index in [1.54, 1.807) is 12.1 Å². The number of carbonyl (C=O) groups excluding carboxylic acids is 2. The normalized spacial score (nSPS) is 11.0. The third-order valence-electron chi connectivity index (χ3n) is 3.63. The van der Waals surface area contributed by atoms with Gasteiger partial charge in [-0.25, -0.2) is 4.79 Å². The Morgan fingerprint density at radius 2 is 1.74 bits per heavy atom. The number of ketones is 1. The Hall–Kier alpha value is -2.62. The number of carbonyl (C=O) groups is 2. The van der Waals surface area contributed by atoms with Gasteiger partial charge in [0.15, 0.2) is 6.61 Å². The van der Waals surface area contributed by atoms with Gasteiger partial charge in [-0.2, -0.15) is 0 Å². The molecule has 2 aromatic rings. The molecule has 0 atom stereocenters. The van der Waals surface area contributed by atoms with E-state index in [1.807, 2.05) is 39.8 Å². The number of hydrogen-bond donors (Lipinski definition) is 0. The first-order chi connectivity index (χ1) is 10.9. The molecule has 4 heteroatoms. The van der Waals surface area contributed by atoms with E-state index in [9.17, 15) is 9.59 Å². The Labute approximate surface area is 135 Å². The van der Waals surface area contributed by atoms with Crippen molar-refractivity contribution >= 4 is 17.8 Å². The maximum atomic E-state index is 12.2. The molecule has 0 aliphatic rings. The average molecular weight is 312 g/mol. The first kappa shape index (κ1) is 16.7. The Morgan fingerprint density at radius 3 is 2.39 bits per heavy atom. The van der Waals surface area contributed by atoms with Crippen LogP contribution in [0.25, 0.3) is 6.08 Å². The van der Waals surface area contributed by atoms with Gasteiger partial charge in [0.2, 0.25) is 5.78 Å².